The molecule has 0 spiro atoms. The fourth-order valence-corrected chi connectivity index (χ4v) is 0.915. The largest absolute Gasteiger partial charge is 0.472 e. The van der Waals surface area contributed by atoms with Gasteiger partial charge in [0.1, 0.15) is 0 Å². The Bertz CT molecular complexity index is 184. The van der Waals surface area contributed by atoms with Crippen LogP contribution in [-0.4, -0.2) is 19.8 Å². The van der Waals surface area contributed by atoms with Gasteiger partial charge in [0.25, 0.3) is 0 Å². The summed E-state index contributed by atoms with van der Waals surface area (Å²) in [5, 5.41) is 3.24. The van der Waals surface area contributed by atoms with Gasteiger partial charge >= 0.3 is 0 Å². The molecule has 0 unspecified atom stereocenters. The van der Waals surface area contributed by atoms with Gasteiger partial charge in [0.05, 0.1) is 19.1 Å². The summed E-state index contributed by atoms with van der Waals surface area (Å²) in [5.41, 5.74) is 1.17. The van der Waals surface area contributed by atoms with E-state index in [1.54, 1.807) is 12.5 Å². The predicted octanol–water partition coefficient (Wildman–Crippen LogP) is 1.41. The van der Waals surface area contributed by atoms with E-state index < -0.39 is 0 Å². The highest BCUT2D eigenvalue weighted by Gasteiger charge is 1.92. The molecule has 0 fully saturated rings. The van der Waals surface area contributed by atoms with Gasteiger partial charge in [-0.3, -0.25) is 0 Å². The van der Waals surface area contributed by atoms with Crippen LogP contribution in [0.3, 0.4) is 0 Å². The molecule has 12 heavy (non-hydrogen) atoms. The van der Waals surface area contributed by atoms with Crippen molar-refractivity contribution in [3.05, 3.63) is 24.2 Å². The van der Waals surface area contributed by atoms with Gasteiger partial charge in [-0.05, 0) is 13.0 Å². The smallest absolute Gasteiger partial charge is 0.0947 e. The lowest BCUT2D eigenvalue weighted by molar-refractivity contribution is 0.149. The topological polar surface area (TPSA) is 34.4 Å². The number of ether oxygens (including phenoxy) is 1. The maximum Gasteiger partial charge on any atom is 0.0947 e. The summed E-state index contributed by atoms with van der Waals surface area (Å²) in [7, 11) is 0. The van der Waals surface area contributed by atoms with E-state index in [0.717, 1.165) is 26.3 Å². The highest BCUT2D eigenvalue weighted by atomic mass is 16.5. The van der Waals surface area contributed by atoms with Crippen molar-refractivity contribution in [3.63, 3.8) is 0 Å². The zero-order valence-electron chi connectivity index (χ0n) is 7.38. The Morgan fingerprint density at radius 1 is 1.58 bits per heavy atom. The van der Waals surface area contributed by atoms with E-state index in [1.165, 1.54) is 5.56 Å². The molecule has 1 aromatic heterocycles. The fraction of sp³-hybridized carbons (Fsp3) is 0.556. The molecule has 1 N–H and O–H groups in total. The van der Waals surface area contributed by atoms with Crippen molar-refractivity contribution in [3.8, 4) is 0 Å². The Morgan fingerprint density at radius 2 is 2.50 bits per heavy atom. The van der Waals surface area contributed by atoms with Gasteiger partial charge in [-0.15, -0.1) is 0 Å². The minimum absolute atomic E-state index is 0.772. The van der Waals surface area contributed by atoms with Crippen molar-refractivity contribution in [2.75, 3.05) is 19.8 Å². The molecule has 1 heterocycles. The number of hydrogen-bond donors (Lipinski definition) is 1. The van der Waals surface area contributed by atoms with Gasteiger partial charge in [0.15, 0.2) is 0 Å². The molecule has 1 rings (SSSR count). The Labute approximate surface area is 72.7 Å². The third-order valence-electron chi connectivity index (χ3n) is 1.54. The van der Waals surface area contributed by atoms with Crippen molar-refractivity contribution in [1.29, 1.82) is 0 Å². The third kappa shape index (κ3) is 3.55. The number of rotatable bonds is 6. The van der Waals surface area contributed by atoms with E-state index in [2.05, 4.69) is 5.32 Å². The van der Waals surface area contributed by atoms with Crippen molar-refractivity contribution < 1.29 is 9.15 Å². The lowest BCUT2D eigenvalue weighted by Gasteiger charge is -2.02. The molecule has 1 aromatic rings. The average Bonchev–Trinajstić information content (AvgIpc) is 2.57. The van der Waals surface area contributed by atoms with Crippen LogP contribution < -0.4 is 5.32 Å². The minimum Gasteiger partial charge on any atom is -0.472 e. The van der Waals surface area contributed by atoms with Crippen LogP contribution in [0.4, 0.5) is 0 Å². The highest BCUT2D eigenvalue weighted by molar-refractivity contribution is 5.04. The Hall–Kier alpha value is -0.800. The Kier molecular flexibility index (Phi) is 4.49. The second-order valence-corrected chi connectivity index (χ2v) is 2.51. The van der Waals surface area contributed by atoms with Crippen molar-refractivity contribution >= 4 is 0 Å². The Morgan fingerprint density at radius 3 is 3.17 bits per heavy atom. The van der Waals surface area contributed by atoms with Gasteiger partial charge in [-0.25, -0.2) is 0 Å². The first-order chi connectivity index (χ1) is 5.93. The van der Waals surface area contributed by atoms with E-state index in [-0.39, 0.29) is 0 Å². The van der Waals surface area contributed by atoms with Crippen LogP contribution in [0, 0.1) is 0 Å². The number of furan rings is 1. The third-order valence-corrected chi connectivity index (χ3v) is 1.54. The quantitative estimate of drug-likeness (QED) is 0.654. The monoisotopic (exact) mass is 169 g/mol. The molecule has 0 aliphatic heterocycles. The van der Waals surface area contributed by atoms with Crippen LogP contribution in [0.25, 0.3) is 0 Å². The maximum absolute atomic E-state index is 5.17. The van der Waals surface area contributed by atoms with Crippen molar-refractivity contribution in [1.82, 2.24) is 5.32 Å². The predicted molar refractivity (Wildman–Crippen MR) is 46.9 cm³/mol. The fourth-order valence-electron chi connectivity index (χ4n) is 0.915. The molecule has 3 heteroatoms. The summed E-state index contributed by atoms with van der Waals surface area (Å²) in [6.07, 6.45) is 3.42. The molecule has 0 radical (unpaired) electrons. The molecule has 0 aliphatic carbocycles. The first-order valence-corrected chi connectivity index (χ1v) is 4.23. The summed E-state index contributed by atoms with van der Waals surface area (Å²) < 4.78 is 10.1. The molecule has 0 bridgehead atoms. The zero-order chi connectivity index (χ0) is 8.65. The van der Waals surface area contributed by atoms with E-state index in [4.69, 9.17) is 9.15 Å². The maximum atomic E-state index is 5.17. The van der Waals surface area contributed by atoms with E-state index in [9.17, 15) is 0 Å². The molecule has 0 saturated carbocycles. The molecular weight excluding hydrogens is 154 g/mol. The number of hydrogen-bond acceptors (Lipinski definition) is 3. The molecule has 68 valence electrons. The lowest BCUT2D eigenvalue weighted by atomic mass is 10.3. The Balaban J connectivity index is 1.96. The van der Waals surface area contributed by atoms with Crippen LogP contribution >= 0.6 is 0 Å². The van der Waals surface area contributed by atoms with Gasteiger partial charge in [-0.2, -0.15) is 0 Å². The van der Waals surface area contributed by atoms with Crippen LogP contribution in [0.2, 0.25) is 0 Å². The van der Waals surface area contributed by atoms with E-state index in [1.807, 2.05) is 13.0 Å². The summed E-state index contributed by atoms with van der Waals surface area (Å²) in [4.78, 5) is 0. The molecule has 0 aromatic carbocycles. The highest BCUT2D eigenvalue weighted by Crippen LogP contribution is 1.97. The SMILES string of the molecule is CCOCCNCc1ccoc1. The molecule has 0 atom stereocenters. The second-order valence-electron chi connectivity index (χ2n) is 2.51. The minimum atomic E-state index is 0.772. The van der Waals surface area contributed by atoms with Crippen molar-refractivity contribution in [2.24, 2.45) is 0 Å². The van der Waals surface area contributed by atoms with Gasteiger partial charge in [-0.1, -0.05) is 0 Å². The van der Waals surface area contributed by atoms with Crippen molar-refractivity contribution in [2.45, 2.75) is 13.5 Å². The molecule has 0 saturated heterocycles. The van der Waals surface area contributed by atoms with Crippen LogP contribution in [0.15, 0.2) is 23.0 Å². The lowest BCUT2D eigenvalue weighted by Crippen LogP contribution is -2.18. The average molecular weight is 169 g/mol. The molecule has 3 nitrogen and oxygen atoms in total. The molecule has 0 aliphatic rings. The summed E-state index contributed by atoms with van der Waals surface area (Å²) in [6, 6.07) is 1.95. The second kappa shape index (κ2) is 5.80. The van der Waals surface area contributed by atoms with Gasteiger partial charge in [0, 0.05) is 25.3 Å². The normalized spacial score (nSPS) is 10.4. The van der Waals surface area contributed by atoms with E-state index >= 15 is 0 Å². The van der Waals surface area contributed by atoms with Crippen LogP contribution in [-0.2, 0) is 11.3 Å². The van der Waals surface area contributed by atoms with Crippen LogP contribution in [0.1, 0.15) is 12.5 Å². The van der Waals surface area contributed by atoms with E-state index in [0.29, 0.717) is 0 Å². The molecule has 0 amide bonds. The van der Waals surface area contributed by atoms with Crippen LogP contribution in [0.5, 0.6) is 0 Å². The van der Waals surface area contributed by atoms with Gasteiger partial charge in [0.2, 0.25) is 0 Å². The number of nitrogens with one attached hydrogen (secondary N) is 1. The van der Waals surface area contributed by atoms with Gasteiger partial charge < -0.3 is 14.5 Å². The summed E-state index contributed by atoms with van der Waals surface area (Å²) >= 11 is 0. The first-order valence-electron chi connectivity index (χ1n) is 4.23. The standard InChI is InChI=1S/C9H15NO2/c1-2-11-6-4-10-7-9-3-5-12-8-9/h3,5,8,10H,2,4,6-7H2,1H3. The first kappa shape index (κ1) is 9.29. The summed E-state index contributed by atoms with van der Waals surface area (Å²) in [6.45, 7) is 5.29. The summed E-state index contributed by atoms with van der Waals surface area (Å²) in [5.74, 6) is 0. The zero-order valence-corrected chi connectivity index (χ0v) is 7.38. The molecular formula is C9H15NO2.